The maximum Gasteiger partial charge on any atom is 0.322 e. The first-order valence-corrected chi connectivity index (χ1v) is 7.67. The van der Waals surface area contributed by atoms with Crippen molar-refractivity contribution < 1.29 is 4.74 Å². The van der Waals surface area contributed by atoms with E-state index in [9.17, 15) is 0 Å². The number of rotatable bonds is 9. The van der Waals surface area contributed by atoms with Crippen molar-refractivity contribution in [1.29, 1.82) is 0 Å². The number of hydrogen-bond acceptors (Lipinski definition) is 7. The monoisotopic (exact) mass is 285 g/mol. The van der Waals surface area contributed by atoms with E-state index in [1.807, 2.05) is 6.92 Å². The quantitative estimate of drug-likeness (QED) is 0.692. The topological polar surface area (TPSA) is 77.2 Å². The van der Waals surface area contributed by atoms with Gasteiger partial charge in [0, 0.05) is 12.3 Å². The zero-order chi connectivity index (χ0) is 14.1. The van der Waals surface area contributed by atoms with Gasteiger partial charge in [-0.3, -0.25) is 0 Å². The predicted octanol–water partition coefficient (Wildman–Crippen LogP) is 1.68. The number of nitrogens with zero attached hydrogens (tertiary/aromatic N) is 4. The van der Waals surface area contributed by atoms with E-state index in [1.165, 1.54) is 0 Å². The fourth-order valence-corrected chi connectivity index (χ4v) is 2.31. The van der Waals surface area contributed by atoms with Crippen molar-refractivity contribution in [3.8, 4) is 6.01 Å². The average molecular weight is 285 g/mol. The Balaban J connectivity index is 2.50. The Labute approximate surface area is 119 Å². The summed E-state index contributed by atoms with van der Waals surface area (Å²) < 4.78 is 5.38. The lowest BCUT2D eigenvalue weighted by Crippen LogP contribution is -2.25. The first-order chi connectivity index (χ1) is 9.19. The summed E-state index contributed by atoms with van der Waals surface area (Å²) in [6.07, 6.45) is 0.913. The van der Waals surface area contributed by atoms with Gasteiger partial charge in [-0.15, -0.1) is 0 Å². The van der Waals surface area contributed by atoms with Crippen LogP contribution in [0.5, 0.6) is 6.01 Å². The van der Waals surface area contributed by atoms with E-state index >= 15 is 0 Å². The molecule has 1 aromatic rings. The Morgan fingerprint density at radius 2 is 1.89 bits per heavy atom. The number of nitrogen functional groups attached to an aromatic ring is 1. The molecule has 0 atom stereocenters. The summed E-state index contributed by atoms with van der Waals surface area (Å²) in [6, 6.07) is 0.319. The Morgan fingerprint density at radius 3 is 2.53 bits per heavy atom. The smallest absolute Gasteiger partial charge is 0.322 e. The van der Waals surface area contributed by atoms with Crippen molar-refractivity contribution >= 4 is 17.7 Å². The van der Waals surface area contributed by atoms with Gasteiger partial charge in [0.2, 0.25) is 5.95 Å². The molecule has 7 heteroatoms. The predicted molar refractivity (Wildman–Crippen MR) is 78.5 cm³/mol. The zero-order valence-corrected chi connectivity index (χ0v) is 12.7. The first-order valence-electron chi connectivity index (χ1n) is 6.69. The number of hydrogen-bond donors (Lipinski definition) is 1. The third kappa shape index (κ3) is 6.07. The molecule has 0 saturated carbocycles. The first kappa shape index (κ1) is 16.0. The third-order valence-electron chi connectivity index (χ3n) is 2.58. The fraction of sp³-hybridized carbons (Fsp3) is 0.750. The molecular weight excluding hydrogens is 262 g/mol. The van der Waals surface area contributed by atoms with Crippen LogP contribution in [-0.4, -0.2) is 51.8 Å². The van der Waals surface area contributed by atoms with Crippen LogP contribution in [0, 0.1) is 0 Å². The highest BCUT2D eigenvalue weighted by atomic mass is 32.2. The minimum Gasteiger partial charge on any atom is -0.463 e. The van der Waals surface area contributed by atoms with Crippen LogP contribution >= 0.6 is 11.8 Å². The Bertz CT molecular complexity index is 373. The summed E-state index contributed by atoms with van der Waals surface area (Å²) in [5.74, 6) is 1.14. The van der Waals surface area contributed by atoms with E-state index in [-0.39, 0.29) is 5.95 Å². The highest BCUT2D eigenvalue weighted by Crippen LogP contribution is 2.16. The minimum atomic E-state index is 0.214. The maximum absolute atomic E-state index is 5.65. The number of ether oxygens (including phenoxy) is 1. The third-order valence-corrected chi connectivity index (χ3v) is 3.41. The number of thioether (sulfide) groups is 1. The standard InChI is InChI=1S/C12H23N5OS/c1-4-8-18-11-14-10(13)15-12(16-11)19-9-7-17(5-2)6-3/h4-9H2,1-3H3,(H2,13,14,15,16). The number of aromatic nitrogens is 3. The number of nitrogens with two attached hydrogens (primary N) is 1. The van der Waals surface area contributed by atoms with Gasteiger partial charge in [0.15, 0.2) is 5.16 Å². The highest BCUT2D eigenvalue weighted by Gasteiger charge is 2.07. The highest BCUT2D eigenvalue weighted by molar-refractivity contribution is 7.99. The minimum absolute atomic E-state index is 0.214. The molecule has 108 valence electrons. The van der Waals surface area contributed by atoms with Gasteiger partial charge in [0.25, 0.3) is 0 Å². The molecule has 6 nitrogen and oxygen atoms in total. The molecule has 19 heavy (non-hydrogen) atoms. The van der Waals surface area contributed by atoms with E-state index in [1.54, 1.807) is 11.8 Å². The van der Waals surface area contributed by atoms with E-state index in [0.29, 0.717) is 17.8 Å². The van der Waals surface area contributed by atoms with Crippen LogP contribution in [0.1, 0.15) is 27.2 Å². The van der Waals surface area contributed by atoms with Crippen LogP contribution in [0.25, 0.3) is 0 Å². The molecule has 0 bridgehead atoms. The van der Waals surface area contributed by atoms with Crippen LogP contribution in [0.2, 0.25) is 0 Å². The van der Waals surface area contributed by atoms with Gasteiger partial charge in [-0.05, 0) is 19.5 Å². The molecule has 0 unspecified atom stereocenters. The molecule has 0 aromatic carbocycles. The molecule has 0 fully saturated rings. The zero-order valence-electron chi connectivity index (χ0n) is 11.9. The van der Waals surface area contributed by atoms with Crippen molar-refractivity contribution in [3.05, 3.63) is 0 Å². The van der Waals surface area contributed by atoms with E-state index in [2.05, 4.69) is 33.7 Å². The van der Waals surface area contributed by atoms with Gasteiger partial charge in [-0.1, -0.05) is 32.5 Å². The van der Waals surface area contributed by atoms with Gasteiger partial charge in [-0.2, -0.15) is 15.0 Å². The second-order valence-electron chi connectivity index (χ2n) is 3.98. The van der Waals surface area contributed by atoms with Crippen molar-refractivity contribution in [2.45, 2.75) is 32.3 Å². The largest absolute Gasteiger partial charge is 0.463 e. The molecule has 0 aliphatic heterocycles. The summed E-state index contributed by atoms with van der Waals surface area (Å²) in [5, 5.41) is 0.630. The molecule has 2 N–H and O–H groups in total. The average Bonchev–Trinajstić information content (AvgIpc) is 2.41. The van der Waals surface area contributed by atoms with E-state index in [4.69, 9.17) is 10.5 Å². The summed E-state index contributed by atoms with van der Waals surface area (Å²) in [5.41, 5.74) is 5.65. The molecule has 0 spiro atoms. The summed E-state index contributed by atoms with van der Waals surface area (Å²) in [7, 11) is 0. The van der Waals surface area contributed by atoms with E-state index < -0.39 is 0 Å². The Hall–Kier alpha value is -1.08. The summed E-state index contributed by atoms with van der Waals surface area (Å²) in [4.78, 5) is 14.7. The summed E-state index contributed by atoms with van der Waals surface area (Å²) >= 11 is 1.58. The molecule has 0 radical (unpaired) electrons. The van der Waals surface area contributed by atoms with Gasteiger partial charge in [0.1, 0.15) is 0 Å². The second-order valence-corrected chi connectivity index (χ2v) is 5.04. The van der Waals surface area contributed by atoms with Crippen molar-refractivity contribution in [3.63, 3.8) is 0 Å². The van der Waals surface area contributed by atoms with Crippen LogP contribution in [0.3, 0.4) is 0 Å². The molecule has 0 saturated heterocycles. The molecule has 0 amide bonds. The fourth-order valence-electron chi connectivity index (χ4n) is 1.48. The molecule has 1 aromatic heterocycles. The SMILES string of the molecule is CCCOc1nc(N)nc(SCCN(CC)CC)n1. The molecule has 0 aliphatic rings. The lowest BCUT2D eigenvalue weighted by atomic mass is 10.5. The molecule has 1 rings (SSSR count). The maximum atomic E-state index is 5.65. The van der Waals surface area contributed by atoms with Gasteiger partial charge in [-0.25, -0.2) is 0 Å². The van der Waals surface area contributed by atoms with Crippen molar-refractivity contribution in [2.75, 3.05) is 37.7 Å². The molecule has 1 heterocycles. The van der Waals surface area contributed by atoms with Gasteiger partial charge < -0.3 is 15.4 Å². The normalized spacial score (nSPS) is 10.9. The van der Waals surface area contributed by atoms with Gasteiger partial charge in [0.05, 0.1) is 6.61 Å². The van der Waals surface area contributed by atoms with Crippen molar-refractivity contribution in [2.24, 2.45) is 0 Å². The second kappa shape index (κ2) is 8.92. The van der Waals surface area contributed by atoms with Crippen LogP contribution < -0.4 is 10.5 Å². The van der Waals surface area contributed by atoms with Crippen LogP contribution in [0.4, 0.5) is 5.95 Å². The summed E-state index contributed by atoms with van der Waals surface area (Å²) in [6.45, 7) is 10.1. The van der Waals surface area contributed by atoms with Crippen LogP contribution in [0.15, 0.2) is 5.16 Å². The van der Waals surface area contributed by atoms with E-state index in [0.717, 1.165) is 31.8 Å². The lowest BCUT2D eigenvalue weighted by molar-refractivity contribution is 0.288. The van der Waals surface area contributed by atoms with Gasteiger partial charge >= 0.3 is 6.01 Å². The molecular formula is C12H23N5OS. The Morgan fingerprint density at radius 1 is 1.16 bits per heavy atom. The van der Waals surface area contributed by atoms with Crippen LogP contribution in [-0.2, 0) is 0 Å². The van der Waals surface area contributed by atoms with Crippen molar-refractivity contribution in [1.82, 2.24) is 19.9 Å². The number of anilines is 1. The Kier molecular flexibility index (Phi) is 7.50. The molecule has 0 aliphatic carbocycles. The lowest BCUT2D eigenvalue weighted by Gasteiger charge is -2.16.